The zero-order chi connectivity index (χ0) is 17.4. The normalized spacial score (nSPS) is 10.4. The molecule has 0 aromatic heterocycles. The molecule has 0 aliphatic carbocycles. The molecule has 2 aromatic carbocycles. The van der Waals surface area contributed by atoms with Gasteiger partial charge in [-0.25, -0.2) is 4.79 Å². The second-order valence-corrected chi connectivity index (χ2v) is 5.21. The summed E-state index contributed by atoms with van der Waals surface area (Å²) in [6, 6.07) is 11.6. The van der Waals surface area contributed by atoms with Crippen LogP contribution in [0.2, 0.25) is 0 Å². The molecule has 0 saturated carbocycles. The fourth-order valence-electron chi connectivity index (χ4n) is 2.14. The van der Waals surface area contributed by atoms with Crippen LogP contribution in [-0.4, -0.2) is 39.5 Å². The number of hydrogen-bond acceptors (Lipinski definition) is 5. The minimum Gasteiger partial charge on any atom is -0.491 e. The molecule has 0 aliphatic heterocycles. The number of carbonyl (C=O) groups is 1. The van der Waals surface area contributed by atoms with E-state index in [1.165, 1.54) is 0 Å². The number of fused-ring (bicyclic) bond motifs is 1. The van der Waals surface area contributed by atoms with Crippen molar-refractivity contribution in [1.29, 1.82) is 0 Å². The molecule has 0 radical (unpaired) electrons. The monoisotopic (exact) mass is 330 g/mol. The summed E-state index contributed by atoms with van der Waals surface area (Å²) in [7, 11) is 1.64. The third-order valence-electron chi connectivity index (χ3n) is 3.31. The van der Waals surface area contributed by atoms with Crippen molar-refractivity contribution in [2.45, 2.75) is 6.92 Å². The average molecular weight is 330 g/mol. The molecule has 0 unspecified atom stereocenters. The van der Waals surface area contributed by atoms with Crippen molar-refractivity contribution in [3.8, 4) is 11.5 Å². The molecule has 0 heterocycles. The Morgan fingerprint density at radius 1 is 0.917 bits per heavy atom. The summed E-state index contributed by atoms with van der Waals surface area (Å²) in [5.74, 6) is 1.09. The lowest BCUT2D eigenvalue weighted by molar-refractivity contribution is -0.139. The third-order valence-corrected chi connectivity index (χ3v) is 3.31. The summed E-state index contributed by atoms with van der Waals surface area (Å²) < 4.78 is 21.5. The highest BCUT2D eigenvalue weighted by Crippen LogP contribution is 2.33. The third kappa shape index (κ3) is 4.73. The molecule has 0 atom stereocenters. The van der Waals surface area contributed by atoms with Crippen LogP contribution >= 0.6 is 0 Å². The number of esters is 1. The van der Waals surface area contributed by atoms with Crippen molar-refractivity contribution in [2.75, 3.05) is 33.5 Å². The Morgan fingerprint density at radius 3 is 1.96 bits per heavy atom. The SMILES string of the molecule is C=C(C)C(=O)OCCOc1ccc(OCCOC)c2ccccc12. The van der Waals surface area contributed by atoms with Gasteiger partial charge in [0.05, 0.1) is 6.61 Å². The van der Waals surface area contributed by atoms with Crippen molar-refractivity contribution in [3.05, 3.63) is 48.6 Å². The van der Waals surface area contributed by atoms with Crippen LogP contribution in [0.3, 0.4) is 0 Å². The Bertz CT molecular complexity index is 708. The molecule has 0 amide bonds. The van der Waals surface area contributed by atoms with Gasteiger partial charge in [-0.2, -0.15) is 0 Å². The van der Waals surface area contributed by atoms with Crippen LogP contribution in [0.25, 0.3) is 10.8 Å². The quantitative estimate of drug-likeness (QED) is 0.401. The van der Waals surface area contributed by atoms with E-state index in [9.17, 15) is 4.79 Å². The van der Waals surface area contributed by atoms with E-state index in [0.29, 0.717) is 18.8 Å². The predicted octanol–water partition coefficient (Wildman–Crippen LogP) is 3.36. The summed E-state index contributed by atoms with van der Waals surface area (Å²) in [6.07, 6.45) is 0. The Kier molecular flexibility index (Phi) is 6.63. The summed E-state index contributed by atoms with van der Waals surface area (Å²) >= 11 is 0. The molecule has 2 rings (SSSR count). The molecule has 24 heavy (non-hydrogen) atoms. The highest BCUT2D eigenvalue weighted by molar-refractivity contribution is 5.93. The number of hydrogen-bond donors (Lipinski definition) is 0. The topological polar surface area (TPSA) is 54.0 Å². The second-order valence-electron chi connectivity index (χ2n) is 5.21. The molecule has 0 aliphatic rings. The van der Waals surface area contributed by atoms with Crippen LogP contribution in [0, 0.1) is 0 Å². The number of carbonyl (C=O) groups excluding carboxylic acids is 1. The van der Waals surface area contributed by atoms with Gasteiger partial charge in [0, 0.05) is 23.5 Å². The van der Waals surface area contributed by atoms with Gasteiger partial charge in [-0.1, -0.05) is 30.8 Å². The molecule has 0 spiro atoms. The first kappa shape index (κ1) is 17.8. The number of ether oxygens (including phenoxy) is 4. The second kappa shape index (κ2) is 8.93. The lowest BCUT2D eigenvalue weighted by Crippen LogP contribution is -2.12. The van der Waals surface area contributed by atoms with Crippen molar-refractivity contribution in [3.63, 3.8) is 0 Å². The lowest BCUT2D eigenvalue weighted by atomic mass is 10.1. The summed E-state index contributed by atoms with van der Waals surface area (Å²) in [5, 5.41) is 1.91. The first-order valence-electron chi connectivity index (χ1n) is 7.72. The highest BCUT2D eigenvalue weighted by atomic mass is 16.6. The van der Waals surface area contributed by atoms with E-state index in [0.717, 1.165) is 22.3 Å². The van der Waals surface area contributed by atoms with E-state index in [2.05, 4.69) is 6.58 Å². The van der Waals surface area contributed by atoms with Gasteiger partial charge >= 0.3 is 5.97 Å². The standard InChI is InChI=1S/C19H22O5/c1-14(2)19(20)24-13-12-23-18-9-8-17(22-11-10-21-3)15-6-4-5-7-16(15)18/h4-9H,1,10-13H2,2-3H3. The molecule has 5 nitrogen and oxygen atoms in total. The van der Waals surface area contributed by atoms with Gasteiger partial charge < -0.3 is 18.9 Å². The van der Waals surface area contributed by atoms with Gasteiger partial charge in [0.15, 0.2) is 0 Å². The minimum atomic E-state index is -0.412. The van der Waals surface area contributed by atoms with E-state index in [1.54, 1.807) is 14.0 Å². The van der Waals surface area contributed by atoms with E-state index >= 15 is 0 Å². The van der Waals surface area contributed by atoms with Gasteiger partial charge in [0.1, 0.15) is 31.3 Å². The molecule has 0 fully saturated rings. The van der Waals surface area contributed by atoms with Crippen LogP contribution in [-0.2, 0) is 14.3 Å². The fraction of sp³-hybridized carbons (Fsp3) is 0.316. The van der Waals surface area contributed by atoms with Crippen LogP contribution in [0.1, 0.15) is 6.92 Å². The lowest BCUT2D eigenvalue weighted by Gasteiger charge is -2.13. The van der Waals surface area contributed by atoms with Crippen molar-refractivity contribution in [1.82, 2.24) is 0 Å². The Hall–Kier alpha value is -2.53. The maximum Gasteiger partial charge on any atom is 0.333 e. The van der Waals surface area contributed by atoms with E-state index in [1.807, 2.05) is 36.4 Å². The molecule has 0 N–H and O–H groups in total. The molecular weight excluding hydrogens is 308 g/mol. The van der Waals surface area contributed by atoms with E-state index < -0.39 is 5.97 Å². The molecule has 5 heteroatoms. The highest BCUT2D eigenvalue weighted by Gasteiger charge is 2.08. The first-order chi connectivity index (χ1) is 11.6. The number of methoxy groups -OCH3 is 1. The molecule has 0 bridgehead atoms. The number of rotatable bonds is 9. The van der Waals surface area contributed by atoms with Gasteiger partial charge in [-0.15, -0.1) is 0 Å². The summed E-state index contributed by atoms with van der Waals surface area (Å²) in [5.41, 5.74) is 0.373. The van der Waals surface area contributed by atoms with E-state index in [4.69, 9.17) is 18.9 Å². The van der Waals surface area contributed by atoms with Crippen LogP contribution in [0.5, 0.6) is 11.5 Å². The Labute approximate surface area is 141 Å². The fourth-order valence-corrected chi connectivity index (χ4v) is 2.14. The van der Waals surface area contributed by atoms with Crippen molar-refractivity contribution in [2.24, 2.45) is 0 Å². The van der Waals surface area contributed by atoms with E-state index in [-0.39, 0.29) is 13.2 Å². The average Bonchev–Trinajstić information content (AvgIpc) is 2.59. The van der Waals surface area contributed by atoms with Gasteiger partial charge in [-0.05, 0) is 19.1 Å². The first-order valence-corrected chi connectivity index (χ1v) is 7.72. The van der Waals surface area contributed by atoms with Crippen molar-refractivity contribution < 1.29 is 23.7 Å². The maximum absolute atomic E-state index is 11.3. The summed E-state index contributed by atoms with van der Waals surface area (Å²) in [4.78, 5) is 11.3. The zero-order valence-corrected chi connectivity index (χ0v) is 14.0. The molecule has 2 aromatic rings. The van der Waals surface area contributed by atoms with Gasteiger partial charge in [0.2, 0.25) is 0 Å². The summed E-state index contributed by atoms with van der Waals surface area (Å²) in [6.45, 7) is 6.60. The van der Waals surface area contributed by atoms with Gasteiger partial charge in [0.25, 0.3) is 0 Å². The Morgan fingerprint density at radius 2 is 1.46 bits per heavy atom. The minimum absolute atomic E-state index is 0.173. The molecule has 128 valence electrons. The predicted molar refractivity (Wildman–Crippen MR) is 92.6 cm³/mol. The Balaban J connectivity index is 2.04. The smallest absolute Gasteiger partial charge is 0.333 e. The van der Waals surface area contributed by atoms with Crippen LogP contribution < -0.4 is 9.47 Å². The van der Waals surface area contributed by atoms with Crippen molar-refractivity contribution >= 4 is 16.7 Å². The van der Waals surface area contributed by atoms with Crippen LogP contribution in [0.15, 0.2) is 48.6 Å². The molecular formula is C19H22O5. The molecule has 0 saturated heterocycles. The zero-order valence-electron chi connectivity index (χ0n) is 14.0. The maximum atomic E-state index is 11.3. The van der Waals surface area contributed by atoms with Crippen LogP contribution in [0.4, 0.5) is 0 Å². The largest absolute Gasteiger partial charge is 0.491 e. The number of benzene rings is 2. The van der Waals surface area contributed by atoms with Gasteiger partial charge in [-0.3, -0.25) is 0 Å².